The molecule has 0 radical (unpaired) electrons. The Balaban J connectivity index is 2.37. The van der Waals surface area contributed by atoms with Gasteiger partial charge in [-0.3, -0.25) is 4.99 Å². The highest BCUT2D eigenvalue weighted by Gasteiger charge is 2.06. The lowest BCUT2D eigenvalue weighted by molar-refractivity contribution is 0.500. The topological polar surface area (TPSA) is 54.2 Å². The van der Waals surface area contributed by atoms with E-state index in [0.717, 1.165) is 16.6 Å². The van der Waals surface area contributed by atoms with Gasteiger partial charge in [-0.15, -0.1) is 0 Å². The Hall–Kier alpha value is -2.36. The maximum atomic E-state index is 5.68. The van der Waals surface area contributed by atoms with E-state index >= 15 is 0 Å². The number of aromatic nitrogens is 2. The van der Waals surface area contributed by atoms with Crippen LogP contribution >= 0.6 is 0 Å². The first-order chi connectivity index (χ1) is 8.38. The fourth-order valence-corrected chi connectivity index (χ4v) is 1.78. The number of fused-ring (bicyclic) bond motifs is 1. The molecule has 0 aliphatic heterocycles. The monoisotopic (exact) mass is 225 g/mol. The van der Waals surface area contributed by atoms with Crippen molar-refractivity contribution >= 4 is 10.9 Å². The number of hydrogen-bond acceptors (Lipinski definition) is 3. The lowest BCUT2D eigenvalue weighted by atomic mass is 10.2. The molecule has 0 spiro atoms. The number of para-hydroxylation sites is 1. The second-order valence-corrected chi connectivity index (χ2v) is 3.65. The van der Waals surface area contributed by atoms with Crippen molar-refractivity contribution in [1.29, 1.82) is 0 Å². The lowest BCUT2D eigenvalue weighted by Gasteiger charge is -2.00. The quantitative estimate of drug-likeness (QED) is 0.691. The predicted molar refractivity (Wildman–Crippen MR) is 65.3 cm³/mol. The second-order valence-electron chi connectivity index (χ2n) is 3.65. The third kappa shape index (κ3) is 1.63. The summed E-state index contributed by atoms with van der Waals surface area (Å²) in [5.41, 5.74) is 2.32. The van der Waals surface area contributed by atoms with E-state index in [4.69, 9.17) is 4.42 Å². The van der Waals surface area contributed by atoms with Crippen LogP contribution in [0.2, 0.25) is 0 Å². The molecule has 2 aromatic heterocycles. The van der Waals surface area contributed by atoms with Gasteiger partial charge in [-0.2, -0.15) is 0 Å². The van der Waals surface area contributed by atoms with Gasteiger partial charge in [0.1, 0.15) is 5.69 Å². The van der Waals surface area contributed by atoms with Crippen LogP contribution in [0.5, 0.6) is 0 Å². The van der Waals surface area contributed by atoms with Crippen LogP contribution in [0.15, 0.2) is 52.0 Å². The van der Waals surface area contributed by atoms with Crippen LogP contribution in [0.3, 0.4) is 0 Å². The zero-order valence-electron chi connectivity index (χ0n) is 9.34. The van der Waals surface area contributed by atoms with E-state index in [2.05, 4.69) is 15.0 Å². The predicted octanol–water partition coefficient (Wildman–Crippen LogP) is 2.35. The molecule has 1 aromatic carbocycles. The van der Waals surface area contributed by atoms with Crippen molar-refractivity contribution in [3.05, 3.63) is 48.1 Å². The molecule has 0 atom stereocenters. The summed E-state index contributed by atoms with van der Waals surface area (Å²) in [4.78, 5) is 11.7. The van der Waals surface area contributed by atoms with Gasteiger partial charge < -0.3 is 9.40 Å². The summed E-state index contributed by atoms with van der Waals surface area (Å²) in [6, 6.07) is 11.6. The van der Waals surface area contributed by atoms with E-state index in [1.54, 1.807) is 7.05 Å². The highest BCUT2D eigenvalue weighted by Crippen LogP contribution is 2.16. The second kappa shape index (κ2) is 3.90. The van der Waals surface area contributed by atoms with Gasteiger partial charge in [0.15, 0.2) is 0 Å². The summed E-state index contributed by atoms with van der Waals surface area (Å²) >= 11 is 0. The van der Waals surface area contributed by atoms with Crippen molar-refractivity contribution in [3.63, 3.8) is 0 Å². The first-order valence-electron chi connectivity index (χ1n) is 5.35. The zero-order chi connectivity index (χ0) is 11.7. The largest absolute Gasteiger partial charge is 0.418 e. The normalized spacial score (nSPS) is 12.2. The summed E-state index contributed by atoms with van der Waals surface area (Å²) in [6.07, 6.45) is 1.84. The summed E-state index contributed by atoms with van der Waals surface area (Å²) in [5.74, 6) is 0.550. The van der Waals surface area contributed by atoms with E-state index in [0.29, 0.717) is 11.4 Å². The lowest BCUT2D eigenvalue weighted by Crippen LogP contribution is -2.05. The number of rotatable bonds is 1. The van der Waals surface area contributed by atoms with E-state index < -0.39 is 0 Å². The Labute approximate surface area is 97.7 Å². The van der Waals surface area contributed by atoms with Gasteiger partial charge in [-0.1, -0.05) is 12.1 Å². The van der Waals surface area contributed by atoms with Gasteiger partial charge in [-0.05, 0) is 24.3 Å². The minimum Gasteiger partial charge on any atom is -0.418 e. The molecule has 0 amide bonds. The molecule has 2 heterocycles. The van der Waals surface area contributed by atoms with Gasteiger partial charge in [0, 0.05) is 13.2 Å². The molecule has 0 unspecified atom stereocenters. The van der Waals surface area contributed by atoms with Crippen molar-refractivity contribution < 1.29 is 4.42 Å². The molecular formula is C13H11N3O. The number of benzene rings is 1. The molecule has 84 valence electrons. The molecular weight excluding hydrogens is 214 g/mol. The summed E-state index contributed by atoms with van der Waals surface area (Å²) in [7, 11) is 1.71. The van der Waals surface area contributed by atoms with Crippen molar-refractivity contribution in [3.8, 4) is 11.6 Å². The first-order valence-corrected chi connectivity index (χ1v) is 5.35. The molecule has 4 nitrogen and oxygen atoms in total. The number of aromatic amines is 1. The molecule has 17 heavy (non-hydrogen) atoms. The van der Waals surface area contributed by atoms with Gasteiger partial charge in [0.05, 0.1) is 10.9 Å². The average molecular weight is 225 g/mol. The molecule has 0 aliphatic carbocycles. The Bertz CT molecular complexity index is 711. The number of H-pyrrole nitrogens is 1. The molecule has 0 fully saturated rings. The fourth-order valence-electron chi connectivity index (χ4n) is 1.78. The molecule has 0 saturated heterocycles. The van der Waals surface area contributed by atoms with E-state index in [9.17, 15) is 0 Å². The Morgan fingerprint density at radius 3 is 2.82 bits per heavy atom. The Morgan fingerprint density at radius 2 is 2.06 bits per heavy atom. The van der Waals surface area contributed by atoms with Crippen molar-refractivity contribution in [2.45, 2.75) is 0 Å². The van der Waals surface area contributed by atoms with E-state index in [1.807, 2.05) is 42.6 Å². The van der Waals surface area contributed by atoms with Crippen LogP contribution in [0.1, 0.15) is 0 Å². The maximum absolute atomic E-state index is 5.68. The summed E-state index contributed by atoms with van der Waals surface area (Å²) in [5, 5.41) is 0.922. The molecule has 3 aromatic rings. The summed E-state index contributed by atoms with van der Waals surface area (Å²) in [6.45, 7) is 0. The smallest absolute Gasteiger partial charge is 0.245 e. The molecule has 1 N–H and O–H groups in total. The molecule has 4 heteroatoms. The SMILES string of the molecule is CN=c1oc(-c2ccc[nH]2)nc2ccccc12. The minimum absolute atomic E-state index is 0.550. The van der Waals surface area contributed by atoms with Crippen molar-refractivity contribution in [1.82, 2.24) is 9.97 Å². The first kappa shape index (κ1) is 9.84. The highest BCUT2D eigenvalue weighted by molar-refractivity contribution is 5.77. The Kier molecular flexibility index (Phi) is 2.26. The molecule has 3 rings (SSSR count). The van der Waals surface area contributed by atoms with Gasteiger partial charge >= 0.3 is 0 Å². The van der Waals surface area contributed by atoms with E-state index in [-0.39, 0.29) is 0 Å². The third-order valence-electron chi connectivity index (χ3n) is 2.58. The highest BCUT2D eigenvalue weighted by atomic mass is 16.3. The van der Waals surface area contributed by atoms with Gasteiger partial charge in [0.2, 0.25) is 11.4 Å². The standard InChI is InChI=1S/C13H11N3O/c1-14-12-9-5-2-3-6-10(9)16-13(17-12)11-7-4-8-15-11/h2-8,15H,1H3. The number of nitrogens with zero attached hydrogens (tertiary/aromatic N) is 2. The van der Waals surface area contributed by atoms with Crippen LogP contribution in [-0.2, 0) is 0 Å². The number of nitrogens with one attached hydrogen (secondary N) is 1. The van der Waals surface area contributed by atoms with Crippen LogP contribution < -0.4 is 5.55 Å². The molecule has 0 aliphatic rings. The van der Waals surface area contributed by atoms with Gasteiger partial charge in [0.25, 0.3) is 0 Å². The zero-order valence-corrected chi connectivity index (χ0v) is 9.34. The Morgan fingerprint density at radius 1 is 1.18 bits per heavy atom. The third-order valence-corrected chi connectivity index (χ3v) is 2.58. The van der Waals surface area contributed by atoms with Crippen molar-refractivity contribution in [2.75, 3.05) is 7.05 Å². The van der Waals surface area contributed by atoms with Crippen LogP contribution in [0.4, 0.5) is 0 Å². The molecule has 0 saturated carbocycles. The maximum Gasteiger partial charge on any atom is 0.245 e. The van der Waals surface area contributed by atoms with Crippen LogP contribution in [0, 0.1) is 0 Å². The van der Waals surface area contributed by atoms with Crippen molar-refractivity contribution in [2.24, 2.45) is 4.99 Å². The molecule has 0 bridgehead atoms. The fraction of sp³-hybridized carbons (Fsp3) is 0.0769. The number of hydrogen-bond donors (Lipinski definition) is 1. The minimum atomic E-state index is 0.550. The average Bonchev–Trinajstić information content (AvgIpc) is 2.91. The van der Waals surface area contributed by atoms with Crippen LogP contribution in [0.25, 0.3) is 22.5 Å². The van der Waals surface area contributed by atoms with Crippen LogP contribution in [-0.4, -0.2) is 17.0 Å². The summed E-state index contributed by atoms with van der Waals surface area (Å²) < 4.78 is 5.68. The van der Waals surface area contributed by atoms with Gasteiger partial charge in [-0.25, -0.2) is 4.98 Å². The van der Waals surface area contributed by atoms with E-state index in [1.165, 1.54) is 0 Å².